The van der Waals surface area contributed by atoms with E-state index in [1.165, 1.54) is 12.1 Å². The van der Waals surface area contributed by atoms with Gasteiger partial charge in [0.25, 0.3) is 0 Å². The molecule has 4 aromatic rings. The lowest BCUT2D eigenvalue weighted by Gasteiger charge is -2.04. The third kappa shape index (κ3) is 2.95. The average Bonchev–Trinajstić information content (AvgIpc) is 2.65. The van der Waals surface area contributed by atoms with E-state index in [-0.39, 0.29) is 23.0 Å². The number of phenolic OH excluding ortho intramolecular Hbond substituents is 6. The smallest absolute Gasteiger partial charge is 0.200 e. The van der Waals surface area contributed by atoms with Crippen LogP contribution in [-0.2, 0) is 0 Å². The molecule has 0 amide bonds. The first-order valence-electron chi connectivity index (χ1n) is 7.65. The first kappa shape index (κ1) is 17.0. The maximum Gasteiger partial charge on any atom is 0.200 e. The van der Waals surface area contributed by atoms with Gasteiger partial charge in [0.15, 0.2) is 23.0 Å². The van der Waals surface area contributed by atoms with E-state index in [1.807, 2.05) is 0 Å². The third-order valence-electron chi connectivity index (χ3n) is 3.95. The van der Waals surface area contributed by atoms with Gasteiger partial charge in [-0.25, -0.2) is 0 Å². The molecule has 6 N–H and O–H groups in total. The van der Waals surface area contributed by atoms with Gasteiger partial charge in [-0.2, -0.15) is 0 Å². The van der Waals surface area contributed by atoms with Crippen LogP contribution >= 0.6 is 0 Å². The summed E-state index contributed by atoms with van der Waals surface area (Å²) in [5.41, 5.74) is 0. The molecule has 4 aromatic carbocycles. The summed E-state index contributed by atoms with van der Waals surface area (Å²) in [6.07, 6.45) is 0. The molecule has 0 fully saturated rings. The molecule has 4 rings (SSSR count). The summed E-state index contributed by atoms with van der Waals surface area (Å²) in [4.78, 5) is 0. The van der Waals surface area contributed by atoms with Gasteiger partial charge in [0, 0.05) is 10.8 Å². The molecule has 0 aliphatic carbocycles. The Labute approximate surface area is 148 Å². The number of benzene rings is 4. The van der Waals surface area contributed by atoms with Crippen LogP contribution in [0.15, 0.2) is 60.7 Å². The highest BCUT2D eigenvalue weighted by Gasteiger charge is 2.10. The van der Waals surface area contributed by atoms with Crippen LogP contribution in [0.2, 0.25) is 0 Å². The molecule has 0 saturated carbocycles. The van der Waals surface area contributed by atoms with Gasteiger partial charge in [-0.1, -0.05) is 48.5 Å². The molecule has 0 heterocycles. The monoisotopic (exact) mass is 352 g/mol. The summed E-state index contributed by atoms with van der Waals surface area (Å²) in [5, 5.41) is 58.1. The average molecular weight is 352 g/mol. The van der Waals surface area contributed by atoms with E-state index in [0.29, 0.717) is 21.5 Å². The van der Waals surface area contributed by atoms with Crippen LogP contribution in [0.4, 0.5) is 0 Å². The van der Waals surface area contributed by atoms with Gasteiger partial charge in [-0.05, 0) is 22.9 Å². The fourth-order valence-electron chi connectivity index (χ4n) is 2.61. The Balaban J connectivity index is 0.000000151. The lowest BCUT2D eigenvalue weighted by molar-refractivity contribution is 0.371. The Morgan fingerprint density at radius 1 is 0.423 bits per heavy atom. The second kappa shape index (κ2) is 6.60. The minimum atomic E-state index is -0.473. The summed E-state index contributed by atoms with van der Waals surface area (Å²) in [6.45, 7) is 0. The molecule has 132 valence electrons. The molecule has 0 aromatic heterocycles. The van der Waals surface area contributed by atoms with Gasteiger partial charge in [0.1, 0.15) is 0 Å². The van der Waals surface area contributed by atoms with Gasteiger partial charge in [-0.3, -0.25) is 0 Å². The van der Waals surface area contributed by atoms with Crippen LogP contribution in [-0.4, -0.2) is 30.6 Å². The Hall–Kier alpha value is -3.80. The van der Waals surface area contributed by atoms with Crippen molar-refractivity contribution in [3.63, 3.8) is 0 Å². The van der Waals surface area contributed by atoms with E-state index in [0.717, 1.165) is 0 Å². The van der Waals surface area contributed by atoms with E-state index in [1.54, 1.807) is 48.5 Å². The molecule has 6 nitrogen and oxygen atoms in total. The maximum atomic E-state index is 9.43. The highest BCUT2D eigenvalue weighted by atomic mass is 16.3. The van der Waals surface area contributed by atoms with Crippen molar-refractivity contribution in [2.45, 2.75) is 0 Å². The van der Waals surface area contributed by atoms with E-state index in [4.69, 9.17) is 0 Å². The van der Waals surface area contributed by atoms with Crippen molar-refractivity contribution >= 4 is 21.5 Å². The van der Waals surface area contributed by atoms with E-state index < -0.39 is 11.5 Å². The predicted molar refractivity (Wildman–Crippen MR) is 97.9 cm³/mol. The third-order valence-corrected chi connectivity index (χ3v) is 3.95. The van der Waals surface area contributed by atoms with Crippen LogP contribution in [0.25, 0.3) is 21.5 Å². The summed E-state index contributed by atoms with van der Waals surface area (Å²) in [5.74, 6) is -2.13. The minimum absolute atomic E-state index is 0.282. The topological polar surface area (TPSA) is 121 Å². The first-order chi connectivity index (χ1) is 12.4. The zero-order valence-corrected chi connectivity index (χ0v) is 13.5. The molecule has 0 spiro atoms. The Morgan fingerprint density at radius 2 is 0.769 bits per heavy atom. The summed E-state index contributed by atoms with van der Waals surface area (Å²) in [6, 6.07) is 16.7. The number of rotatable bonds is 0. The molecular weight excluding hydrogens is 336 g/mol. The number of phenols is 6. The van der Waals surface area contributed by atoms with Gasteiger partial charge < -0.3 is 30.6 Å². The summed E-state index contributed by atoms with van der Waals surface area (Å²) in [7, 11) is 0. The number of hydrogen-bond donors (Lipinski definition) is 6. The Kier molecular flexibility index (Phi) is 4.33. The minimum Gasteiger partial charge on any atom is -0.504 e. The van der Waals surface area contributed by atoms with E-state index in [9.17, 15) is 30.6 Å². The molecule has 0 aliphatic rings. The lowest BCUT2D eigenvalue weighted by atomic mass is 10.1. The predicted octanol–water partition coefficient (Wildman–Crippen LogP) is 3.91. The van der Waals surface area contributed by atoms with Gasteiger partial charge in [0.05, 0.1) is 0 Å². The van der Waals surface area contributed by atoms with Crippen LogP contribution in [0, 0.1) is 0 Å². The molecule has 6 heteroatoms. The number of aromatic hydroxyl groups is 6. The van der Waals surface area contributed by atoms with Gasteiger partial charge >= 0.3 is 0 Å². The fraction of sp³-hybridized carbons (Fsp3) is 0. The normalized spacial score (nSPS) is 10.5. The molecular formula is C20H16O6. The molecule has 0 radical (unpaired) electrons. The molecule has 0 aliphatic heterocycles. The highest BCUT2D eigenvalue weighted by molar-refractivity contribution is 5.93. The van der Waals surface area contributed by atoms with Crippen LogP contribution < -0.4 is 0 Å². The molecule has 0 bridgehead atoms. The molecule has 0 saturated heterocycles. The zero-order chi connectivity index (χ0) is 18.8. The van der Waals surface area contributed by atoms with Crippen molar-refractivity contribution in [1.82, 2.24) is 0 Å². The SMILES string of the molecule is Oc1cc2ccccc2c(O)c1O.Oc1cc2ccccc2c(O)c1O. The Bertz CT molecular complexity index is 1020. The van der Waals surface area contributed by atoms with Crippen molar-refractivity contribution < 1.29 is 30.6 Å². The van der Waals surface area contributed by atoms with Crippen molar-refractivity contribution in [3.8, 4) is 34.5 Å². The second-order valence-corrected chi connectivity index (χ2v) is 5.63. The molecule has 0 unspecified atom stereocenters. The second-order valence-electron chi connectivity index (χ2n) is 5.63. The van der Waals surface area contributed by atoms with E-state index >= 15 is 0 Å². The van der Waals surface area contributed by atoms with Crippen LogP contribution in [0.5, 0.6) is 34.5 Å². The molecule has 26 heavy (non-hydrogen) atoms. The summed E-state index contributed by atoms with van der Waals surface area (Å²) >= 11 is 0. The first-order valence-corrected chi connectivity index (χ1v) is 7.65. The fourth-order valence-corrected chi connectivity index (χ4v) is 2.61. The maximum absolute atomic E-state index is 9.43. The van der Waals surface area contributed by atoms with Gasteiger partial charge in [-0.15, -0.1) is 0 Å². The van der Waals surface area contributed by atoms with Gasteiger partial charge in [0.2, 0.25) is 11.5 Å². The van der Waals surface area contributed by atoms with Crippen molar-refractivity contribution in [1.29, 1.82) is 0 Å². The highest BCUT2D eigenvalue weighted by Crippen LogP contribution is 2.41. The van der Waals surface area contributed by atoms with Crippen molar-refractivity contribution in [2.24, 2.45) is 0 Å². The van der Waals surface area contributed by atoms with Crippen LogP contribution in [0.1, 0.15) is 0 Å². The summed E-state index contributed by atoms with van der Waals surface area (Å²) < 4.78 is 0. The molecule has 0 atom stereocenters. The Morgan fingerprint density at radius 3 is 1.15 bits per heavy atom. The van der Waals surface area contributed by atoms with Crippen molar-refractivity contribution in [3.05, 3.63) is 60.7 Å². The number of fused-ring (bicyclic) bond motifs is 2. The van der Waals surface area contributed by atoms with E-state index in [2.05, 4.69) is 0 Å². The lowest BCUT2D eigenvalue weighted by Crippen LogP contribution is -1.76. The largest absolute Gasteiger partial charge is 0.504 e. The van der Waals surface area contributed by atoms with Crippen molar-refractivity contribution in [2.75, 3.05) is 0 Å². The quantitative estimate of drug-likeness (QED) is 0.267. The zero-order valence-electron chi connectivity index (χ0n) is 13.5. The standard InChI is InChI=1S/2C10H8O3/c2*11-8-5-6-3-1-2-4-7(6)9(12)10(8)13/h2*1-5,11-13H. The van der Waals surface area contributed by atoms with Crippen LogP contribution in [0.3, 0.4) is 0 Å². The number of hydrogen-bond acceptors (Lipinski definition) is 6.